The van der Waals surface area contributed by atoms with Crippen molar-refractivity contribution in [3.05, 3.63) is 71.0 Å². The fraction of sp³-hybridized carbons (Fsp3) is 0.455. The van der Waals surface area contributed by atoms with Gasteiger partial charge in [0.2, 0.25) is 0 Å². The second-order valence-corrected chi connectivity index (χ2v) is 8.12. The van der Waals surface area contributed by atoms with Gasteiger partial charge in [-0.15, -0.1) is 0 Å². The van der Waals surface area contributed by atoms with Crippen molar-refractivity contribution in [2.45, 2.75) is 37.4 Å². The van der Waals surface area contributed by atoms with Gasteiger partial charge in [-0.3, -0.25) is 9.80 Å². The van der Waals surface area contributed by atoms with Gasteiger partial charge < -0.3 is 0 Å². The van der Waals surface area contributed by atoms with E-state index in [0.717, 1.165) is 25.9 Å². The average molecular weight is 372 g/mol. The van der Waals surface area contributed by atoms with E-state index >= 15 is 0 Å². The molecule has 0 spiro atoms. The molecule has 0 aromatic heterocycles. The lowest BCUT2D eigenvalue weighted by Gasteiger charge is -2.51. The Balaban J connectivity index is 1.52. The Labute approximate surface area is 157 Å². The summed E-state index contributed by atoms with van der Waals surface area (Å²) in [7, 11) is 0. The maximum absolute atomic E-state index is 14.6. The summed E-state index contributed by atoms with van der Waals surface area (Å²) in [5.74, 6) is -1.24. The van der Waals surface area contributed by atoms with Crippen LogP contribution in [0.15, 0.2) is 42.5 Å². The lowest BCUT2D eigenvalue weighted by Crippen LogP contribution is -2.60. The van der Waals surface area contributed by atoms with Crippen molar-refractivity contribution in [1.82, 2.24) is 9.80 Å². The SMILES string of the molecule is Fc1ccccc1CN1C[C@@H](c2cccc(F)c2F)[C@@H]2[C@H]1C1CCN2CC1. The van der Waals surface area contributed by atoms with Gasteiger partial charge in [0.15, 0.2) is 11.6 Å². The molecule has 0 aliphatic carbocycles. The first-order valence-corrected chi connectivity index (χ1v) is 9.79. The van der Waals surface area contributed by atoms with Crippen LogP contribution < -0.4 is 0 Å². The number of benzene rings is 2. The van der Waals surface area contributed by atoms with Crippen LogP contribution in [0.2, 0.25) is 0 Å². The van der Waals surface area contributed by atoms with E-state index < -0.39 is 11.6 Å². The minimum Gasteiger partial charge on any atom is -0.298 e. The second kappa shape index (κ2) is 6.64. The molecule has 2 aromatic rings. The van der Waals surface area contributed by atoms with Crippen molar-refractivity contribution in [2.75, 3.05) is 19.6 Å². The number of hydrogen-bond acceptors (Lipinski definition) is 2. The lowest BCUT2D eigenvalue weighted by atomic mass is 9.75. The largest absolute Gasteiger partial charge is 0.298 e. The molecule has 0 N–H and O–H groups in total. The first kappa shape index (κ1) is 17.3. The summed E-state index contributed by atoms with van der Waals surface area (Å²) in [6.45, 7) is 3.20. The Morgan fingerprint density at radius 1 is 0.852 bits per heavy atom. The van der Waals surface area contributed by atoms with E-state index in [1.165, 1.54) is 12.1 Å². The number of hydrogen-bond donors (Lipinski definition) is 0. The van der Waals surface area contributed by atoms with Crippen molar-refractivity contribution in [1.29, 1.82) is 0 Å². The Hall–Kier alpha value is -1.85. The van der Waals surface area contributed by atoms with Crippen LogP contribution in [-0.2, 0) is 6.54 Å². The van der Waals surface area contributed by atoms with Crippen molar-refractivity contribution >= 4 is 0 Å². The summed E-state index contributed by atoms with van der Waals surface area (Å²) in [6.07, 6.45) is 2.26. The van der Waals surface area contributed by atoms with Crippen LogP contribution >= 0.6 is 0 Å². The smallest absolute Gasteiger partial charge is 0.162 e. The van der Waals surface area contributed by atoms with Gasteiger partial charge in [-0.05, 0) is 49.5 Å². The van der Waals surface area contributed by atoms with Crippen LogP contribution in [0.1, 0.15) is 29.9 Å². The molecule has 142 valence electrons. The van der Waals surface area contributed by atoms with Gasteiger partial charge in [-0.2, -0.15) is 0 Å². The van der Waals surface area contributed by atoms with Crippen molar-refractivity contribution in [2.24, 2.45) is 5.92 Å². The molecule has 4 aliphatic heterocycles. The van der Waals surface area contributed by atoms with E-state index in [1.807, 2.05) is 12.1 Å². The van der Waals surface area contributed by atoms with Gasteiger partial charge in [0, 0.05) is 36.7 Å². The monoisotopic (exact) mass is 372 g/mol. The van der Waals surface area contributed by atoms with Crippen molar-refractivity contribution < 1.29 is 13.2 Å². The molecule has 27 heavy (non-hydrogen) atoms. The molecular weight excluding hydrogens is 349 g/mol. The number of halogens is 3. The highest BCUT2D eigenvalue weighted by Gasteiger charge is 2.53. The zero-order valence-corrected chi connectivity index (χ0v) is 15.1. The van der Waals surface area contributed by atoms with Crippen molar-refractivity contribution in [3.8, 4) is 0 Å². The lowest BCUT2D eigenvalue weighted by molar-refractivity contribution is -0.00910. The normalized spacial score (nSPS) is 32.6. The van der Waals surface area contributed by atoms with E-state index in [9.17, 15) is 13.2 Å². The number of piperidine rings is 3. The number of fused-ring (bicyclic) bond motifs is 2. The topological polar surface area (TPSA) is 6.48 Å². The molecule has 2 bridgehead atoms. The molecule has 2 nitrogen and oxygen atoms in total. The Morgan fingerprint density at radius 2 is 1.59 bits per heavy atom. The van der Waals surface area contributed by atoms with Crippen LogP contribution in [0.5, 0.6) is 0 Å². The van der Waals surface area contributed by atoms with Gasteiger partial charge in [-0.25, -0.2) is 13.2 Å². The Morgan fingerprint density at radius 3 is 2.37 bits per heavy atom. The third-order valence-electron chi connectivity index (χ3n) is 6.81. The molecule has 4 fully saturated rings. The summed E-state index contributed by atoms with van der Waals surface area (Å²) < 4.78 is 42.7. The highest BCUT2D eigenvalue weighted by Crippen LogP contribution is 2.47. The van der Waals surface area contributed by atoms with Gasteiger partial charge >= 0.3 is 0 Å². The molecule has 3 atom stereocenters. The van der Waals surface area contributed by atoms with E-state index in [-0.39, 0.29) is 23.8 Å². The predicted molar refractivity (Wildman–Crippen MR) is 97.8 cm³/mol. The van der Waals surface area contributed by atoms with Gasteiger partial charge in [0.25, 0.3) is 0 Å². The van der Waals surface area contributed by atoms with E-state index in [4.69, 9.17) is 0 Å². The molecule has 4 heterocycles. The highest BCUT2D eigenvalue weighted by molar-refractivity contribution is 5.30. The minimum absolute atomic E-state index is 0.0828. The third-order valence-corrected chi connectivity index (χ3v) is 6.81. The quantitative estimate of drug-likeness (QED) is 0.798. The minimum atomic E-state index is -0.785. The molecule has 6 rings (SSSR count). The second-order valence-electron chi connectivity index (χ2n) is 8.12. The van der Waals surface area contributed by atoms with E-state index in [0.29, 0.717) is 30.1 Å². The maximum atomic E-state index is 14.6. The zero-order chi connectivity index (χ0) is 18.5. The van der Waals surface area contributed by atoms with Crippen LogP contribution in [0.4, 0.5) is 13.2 Å². The summed E-state index contributed by atoms with van der Waals surface area (Å²) in [4.78, 5) is 4.76. The van der Waals surface area contributed by atoms with Crippen LogP contribution in [0, 0.1) is 23.4 Å². The summed E-state index contributed by atoms with van der Waals surface area (Å²) >= 11 is 0. The summed E-state index contributed by atoms with van der Waals surface area (Å²) in [6, 6.07) is 11.8. The average Bonchev–Trinajstić information content (AvgIpc) is 3.08. The molecule has 4 aliphatic rings. The summed E-state index contributed by atoms with van der Waals surface area (Å²) in [5.41, 5.74) is 1.14. The third kappa shape index (κ3) is 2.79. The molecule has 0 radical (unpaired) electrons. The van der Waals surface area contributed by atoms with Gasteiger partial charge in [-0.1, -0.05) is 30.3 Å². The summed E-state index contributed by atoms with van der Waals surface area (Å²) in [5, 5.41) is 0. The van der Waals surface area contributed by atoms with Crippen LogP contribution in [0.3, 0.4) is 0 Å². The van der Waals surface area contributed by atoms with Gasteiger partial charge in [0.1, 0.15) is 5.82 Å². The first-order chi connectivity index (χ1) is 13.1. The standard InChI is InChI=1S/C22H23F3N2/c23-18-6-2-1-4-15(18)12-27-13-17(16-5-3-7-19(24)20(16)25)22-21(27)14-8-10-26(22)11-9-14/h1-7,14,17,21-22H,8-13H2/t17-,21+,22+/m0/s1. The molecule has 0 saturated carbocycles. The van der Waals surface area contributed by atoms with E-state index in [2.05, 4.69) is 9.80 Å². The van der Waals surface area contributed by atoms with Crippen LogP contribution in [0.25, 0.3) is 0 Å². The highest BCUT2D eigenvalue weighted by atomic mass is 19.2. The maximum Gasteiger partial charge on any atom is 0.162 e. The Kier molecular flexibility index (Phi) is 4.25. The molecule has 0 unspecified atom stereocenters. The Bertz CT molecular complexity index is 847. The zero-order valence-electron chi connectivity index (χ0n) is 15.1. The van der Waals surface area contributed by atoms with Crippen LogP contribution in [-0.4, -0.2) is 41.5 Å². The molecule has 2 aromatic carbocycles. The molecule has 0 amide bonds. The fourth-order valence-electron chi connectivity index (χ4n) is 5.65. The first-order valence-electron chi connectivity index (χ1n) is 9.79. The number of nitrogens with zero attached hydrogens (tertiary/aromatic N) is 2. The number of rotatable bonds is 3. The number of likely N-dealkylation sites (tertiary alicyclic amines) is 1. The molecule has 4 saturated heterocycles. The fourth-order valence-corrected chi connectivity index (χ4v) is 5.65. The van der Waals surface area contributed by atoms with Gasteiger partial charge in [0.05, 0.1) is 0 Å². The van der Waals surface area contributed by atoms with Crippen molar-refractivity contribution in [3.63, 3.8) is 0 Å². The predicted octanol–water partition coefficient (Wildman–Crippen LogP) is 4.17. The van der Waals surface area contributed by atoms with E-state index in [1.54, 1.807) is 18.2 Å². The molecular formula is C22H23F3N2. The molecule has 5 heteroatoms.